The summed E-state index contributed by atoms with van der Waals surface area (Å²) < 4.78 is 0. The Morgan fingerprint density at radius 3 is 2.79 bits per heavy atom. The molecule has 0 aliphatic carbocycles. The number of hydrogen-bond acceptors (Lipinski definition) is 2. The first kappa shape index (κ1) is 11.5. The summed E-state index contributed by atoms with van der Waals surface area (Å²) in [5.74, 6) is 0.746. The van der Waals surface area contributed by atoms with Gasteiger partial charge in [-0.3, -0.25) is 4.79 Å². The third kappa shape index (κ3) is 3.29. The number of nitrogens with one attached hydrogen (secondary N) is 1. The maximum atomic E-state index is 11.8. The first-order valence-electron chi connectivity index (χ1n) is 5.57. The van der Waals surface area contributed by atoms with Gasteiger partial charge in [0, 0.05) is 26.1 Å². The van der Waals surface area contributed by atoms with Crippen LogP contribution in [-0.4, -0.2) is 37.0 Å². The van der Waals surface area contributed by atoms with Crippen molar-refractivity contribution in [3.8, 4) is 0 Å². The van der Waals surface area contributed by atoms with E-state index in [9.17, 15) is 4.79 Å². The smallest absolute Gasteiger partial charge is 0.222 e. The summed E-state index contributed by atoms with van der Waals surface area (Å²) in [6.45, 7) is 6.23. The van der Waals surface area contributed by atoms with Crippen molar-refractivity contribution in [2.45, 2.75) is 39.2 Å². The minimum atomic E-state index is 0.286. The Bertz CT molecular complexity index is 186. The van der Waals surface area contributed by atoms with E-state index in [2.05, 4.69) is 19.2 Å². The summed E-state index contributed by atoms with van der Waals surface area (Å²) in [6, 6.07) is 0.412. The van der Waals surface area contributed by atoms with E-state index in [-0.39, 0.29) is 5.91 Å². The largest absolute Gasteiger partial charge is 0.341 e. The van der Waals surface area contributed by atoms with Crippen LogP contribution in [0, 0.1) is 5.92 Å². The van der Waals surface area contributed by atoms with Gasteiger partial charge in [0.25, 0.3) is 0 Å². The Morgan fingerprint density at radius 1 is 1.57 bits per heavy atom. The molecule has 1 amide bonds. The average Bonchev–Trinajstić information content (AvgIpc) is 2.17. The number of likely N-dealkylation sites (N-methyl/N-ethyl adjacent to an activating group) is 1. The predicted molar refractivity (Wildman–Crippen MR) is 58.1 cm³/mol. The normalized spacial score (nSPS) is 22.4. The summed E-state index contributed by atoms with van der Waals surface area (Å²) in [4.78, 5) is 13.7. The van der Waals surface area contributed by atoms with E-state index in [0.717, 1.165) is 19.5 Å². The lowest BCUT2D eigenvalue weighted by atomic mass is 10.0. The number of hydrogen-bond donors (Lipinski definition) is 1. The molecule has 1 atom stereocenters. The lowest BCUT2D eigenvalue weighted by molar-refractivity contribution is -0.133. The van der Waals surface area contributed by atoms with Crippen LogP contribution in [-0.2, 0) is 4.79 Å². The third-order valence-corrected chi connectivity index (χ3v) is 2.79. The molecule has 3 heteroatoms. The molecule has 3 nitrogen and oxygen atoms in total. The molecule has 1 rings (SSSR count). The van der Waals surface area contributed by atoms with Crippen molar-refractivity contribution in [1.82, 2.24) is 10.2 Å². The number of carbonyl (C=O) groups is 1. The van der Waals surface area contributed by atoms with Gasteiger partial charge in [0.1, 0.15) is 0 Å². The molecular formula is C11H22N2O. The zero-order valence-corrected chi connectivity index (χ0v) is 9.55. The SMILES string of the molecule is CC(C)CC(=O)N(C)[C@H]1CCCNC1. The molecule has 1 saturated heterocycles. The predicted octanol–water partition coefficient (Wildman–Crippen LogP) is 1.24. The van der Waals surface area contributed by atoms with Gasteiger partial charge in [-0.25, -0.2) is 0 Å². The van der Waals surface area contributed by atoms with Crippen LogP contribution in [0.4, 0.5) is 0 Å². The van der Waals surface area contributed by atoms with Crippen molar-refractivity contribution in [2.24, 2.45) is 5.92 Å². The monoisotopic (exact) mass is 198 g/mol. The highest BCUT2D eigenvalue weighted by atomic mass is 16.2. The number of rotatable bonds is 3. The zero-order valence-electron chi connectivity index (χ0n) is 9.55. The van der Waals surface area contributed by atoms with Gasteiger partial charge in [-0.1, -0.05) is 13.8 Å². The van der Waals surface area contributed by atoms with Crippen LogP contribution in [0.25, 0.3) is 0 Å². The molecule has 0 aromatic rings. The molecule has 82 valence electrons. The summed E-state index contributed by atoms with van der Waals surface area (Å²) in [5.41, 5.74) is 0. The lowest BCUT2D eigenvalue weighted by Gasteiger charge is -2.32. The molecule has 1 aliphatic heterocycles. The Labute approximate surface area is 86.9 Å². The molecule has 0 bridgehead atoms. The van der Waals surface area contributed by atoms with Gasteiger partial charge in [0.15, 0.2) is 0 Å². The molecule has 1 N–H and O–H groups in total. The molecule has 0 spiro atoms. The average molecular weight is 198 g/mol. The van der Waals surface area contributed by atoms with Gasteiger partial charge < -0.3 is 10.2 Å². The number of piperidine rings is 1. The molecule has 1 heterocycles. The molecule has 14 heavy (non-hydrogen) atoms. The van der Waals surface area contributed by atoms with Crippen LogP contribution in [0.2, 0.25) is 0 Å². The fourth-order valence-electron chi connectivity index (χ4n) is 1.86. The van der Waals surface area contributed by atoms with Gasteiger partial charge in [-0.15, -0.1) is 0 Å². The Morgan fingerprint density at radius 2 is 2.29 bits per heavy atom. The second-order valence-corrected chi connectivity index (χ2v) is 4.60. The van der Waals surface area contributed by atoms with E-state index in [1.807, 2.05) is 11.9 Å². The van der Waals surface area contributed by atoms with Gasteiger partial charge in [0.2, 0.25) is 5.91 Å². The van der Waals surface area contributed by atoms with Crippen molar-refractivity contribution in [3.05, 3.63) is 0 Å². The highest BCUT2D eigenvalue weighted by molar-refractivity contribution is 5.76. The van der Waals surface area contributed by atoms with Gasteiger partial charge in [0.05, 0.1) is 0 Å². The van der Waals surface area contributed by atoms with Crippen LogP contribution < -0.4 is 5.32 Å². The highest BCUT2D eigenvalue weighted by Gasteiger charge is 2.21. The molecule has 0 aromatic heterocycles. The summed E-state index contributed by atoms with van der Waals surface area (Å²) >= 11 is 0. The van der Waals surface area contributed by atoms with E-state index in [4.69, 9.17) is 0 Å². The first-order chi connectivity index (χ1) is 6.61. The van der Waals surface area contributed by atoms with E-state index < -0.39 is 0 Å². The summed E-state index contributed by atoms with van der Waals surface area (Å²) in [5, 5.41) is 3.33. The topological polar surface area (TPSA) is 32.3 Å². The number of nitrogens with zero attached hydrogens (tertiary/aromatic N) is 1. The van der Waals surface area contributed by atoms with Crippen LogP contribution in [0.1, 0.15) is 33.1 Å². The maximum absolute atomic E-state index is 11.8. The molecule has 0 aromatic carbocycles. The Kier molecular flexibility index (Phi) is 4.39. The first-order valence-corrected chi connectivity index (χ1v) is 5.57. The zero-order chi connectivity index (χ0) is 10.6. The highest BCUT2D eigenvalue weighted by Crippen LogP contribution is 2.11. The molecule has 1 fully saturated rings. The lowest BCUT2D eigenvalue weighted by Crippen LogP contribution is -2.46. The van der Waals surface area contributed by atoms with Crippen LogP contribution in [0.15, 0.2) is 0 Å². The standard InChI is InChI=1S/C11H22N2O/c1-9(2)7-11(14)13(3)10-5-4-6-12-8-10/h9-10,12H,4-8H2,1-3H3/t10-/m0/s1. The number of carbonyl (C=O) groups excluding carboxylic acids is 1. The van der Waals surface area contributed by atoms with Gasteiger partial charge in [-0.2, -0.15) is 0 Å². The van der Waals surface area contributed by atoms with Crippen LogP contribution in [0.5, 0.6) is 0 Å². The van der Waals surface area contributed by atoms with Crippen molar-refractivity contribution in [2.75, 3.05) is 20.1 Å². The maximum Gasteiger partial charge on any atom is 0.222 e. The summed E-state index contributed by atoms with van der Waals surface area (Å²) in [7, 11) is 1.93. The molecule has 0 saturated carbocycles. The van der Waals surface area contributed by atoms with Crippen molar-refractivity contribution >= 4 is 5.91 Å². The second kappa shape index (κ2) is 5.35. The molecule has 0 radical (unpaired) electrons. The fourth-order valence-corrected chi connectivity index (χ4v) is 1.86. The van der Waals surface area contributed by atoms with Crippen molar-refractivity contribution in [1.29, 1.82) is 0 Å². The molecule has 1 aliphatic rings. The second-order valence-electron chi connectivity index (χ2n) is 4.60. The Balaban J connectivity index is 2.38. The van der Waals surface area contributed by atoms with Crippen LogP contribution >= 0.6 is 0 Å². The quantitative estimate of drug-likeness (QED) is 0.740. The molecular weight excluding hydrogens is 176 g/mol. The fraction of sp³-hybridized carbons (Fsp3) is 0.909. The van der Waals surface area contributed by atoms with Crippen molar-refractivity contribution < 1.29 is 4.79 Å². The van der Waals surface area contributed by atoms with Crippen LogP contribution in [0.3, 0.4) is 0 Å². The number of amides is 1. The minimum absolute atomic E-state index is 0.286. The van der Waals surface area contributed by atoms with E-state index in [0.29, 0.717) is 18.4 Å². The Hall–Kier alpha value is -0.570. The van der Waals surface area contributed by atoms with Gasteiger partial charge in [-0.05, 0) is 25.3 Å². The third-order valence-electron chi connectivity index (χ3n) is 2.79. The van der Waals surface area contributed by atoms with Gasteiger partial charge >= 0.3 is 0 Å². The van der Waals surface area contributed by atoms with E-state index in [1.54, 1.807) is 0 Å². The summed E-state index contributed by atoms with van der Waals surface area (Å²) in [6.07, 6.45) is 3.00. The van der Waals surface area contributed by atoms with Crippen molar-refractivity contribution in [3.63, 3.8) is 0 Å². The minimum Gasteiger partial charge on any atom is -0.341 e. The van der Waals surface area contributed by atoms with E-state index in [1.165, 1.54) is 6.42 Å². The molecule has 0 unspecified atom stereocenters. The van der Waals surface area contributed by atoms with E-state index >= 15 is 0 Å².